The Labute approximate surface area is 78.5 Å². The van der Waals surface area contributed by atoms with Crippen LogP contribution in [0.5, 0.6) is 0 Å². The van der Waals surface area contributed by atoms with Crippen LogP contribution in [-0.4, -0.2) is 23.1 Å². The van der Waals surface area contributed by atoms with Crippen molar-refractivity contribution in [3.63, 3.8) is 0 Å². The molecule has 1 rings (SSSR count). The van der Waals surface area contributed by atoms with Crippen LogP contribution in [0, 0.1) is 11.8 Å². The molecule has 1 heterocycles. The van der Waals surface area contributed by atoms with E-state index in [0.29, 0.717) is 11.6 Å². The van der Waals surface area contributed by atoms with E-state index in [9.17, 15) is 5.21 Å². The topological polar surface area (TPSA) is 50.9 Å². The summed E-state index contributed by atoms with van der Waals surface area (Å²) in [7, 11) is 0. The highest BCUT2D eigenvalue weighted by Gasteiger charge is 2.18. The third-order valence-corrected chi connectivity index (χ3v) is 1.87. The minimum Gasteiger partial charge on any atom is -0.569 e. The zero-order valence-electron chi connectivity index (χ0n) is 7.98. The Balaban J connectivity index is 2.16. The molecule has 0 saturated carbocycles. The van der Waals surface area contributed by atoms with E-state index < -0.39 is 0 Å². The van der Waals surface area contributed by atoms with Crippen LogP contribution in [0.15, 0.2) is 5.28 Å². The average molecular weight is 186 g/mol. The first-order valence-corrected chi connectivity index (χ1v) is 4.74. The van der Waals surface area contributed by atoms with Crippen molar-refractivity contribution in [2.24, 2.45) is 5.28 Å². The quantitative estimate of drug-likeness (QED) is 0.285. The molecule has 75 valence electrons. The second-order valence-electron chi connectivity index (χ2n) is 3.01. The number of hydrogen-bond donors (Lipinski definition) is 0. The van der Waals surface area contributed by atoms with Crippen molar-refractivity contribution in [2.45, 2.75) is 32.6 Å². The maximum atomic E-state index is 11.1. The van der Waals surface area contributed by atoms with Crippen LogP contribution < -0.4 is 0 Å². The van der Waals surface area contributed by atoms with Gasteiger partial charge in [0.15, 0.2) is 0 Å². The van der Waals surface area contributed by atoms with Crippen molar-refractivity contribution in [1.82, 2.24) is 5.01 Å². The smallest absolute Gasteiger partial charge is 0.233 e. The summed E-state index contributed by atoms with van der Waals surface area (Å²) in [5.41, 5.74) is 0. The monoisotopic (exact) mass is 186 g/mol. The van der Waals surface area contributed by atoms with Gasteiger partial charge in [0.25, 0.3) is 0 Å². The summed E-state index contributed by atoms with van der Waals surface area (Å²) >= 11 is 0. The number of hydrazine groups is 1. The Kier molecular flexibility index (Phi) is 4.35. The van der Waals surface area contributed by atoms with Crippen LogP contribution in [-0.2, 0) is 4.84 Å². The fraction of sp³-hybridized carbons (Fsp3) is 0.875. The average Bonchev–Trinajstić information content (AvgIpc) is 2.65. The van der Waals surface area contributed by atoms with E-state index in [-0.39, 0.29) is 0 Å². The highest BCUT2D eigenvalue weighted by molar-refractivity contribution is 4.68. The Hall–Kier alpha value is -1.00. The van der Waals surface area contributed by atoms with Gasteiger partial charge < -0.3 is 10.0 Å². The fourth-order valence-electron chi connectivity index (χ4n) is 1.09. The van der Waals surface area contributed by atoms with Crippen molar-refractivity contribution in [2.75, 3.05) is 13.2 Å². The second kappa shape index (κ2) is 5.61. The van der Waals surface area contributed by atoms with Crippen LogP contribution in [0.25, 0.3) is 0 Å². The summed E-state index contributed by atoms with van der Waals surface area (Å²) < 4.78 is 0. The first kappa shape index (κ1) is 10.1. The van der Waals surface area contributed by atoms with E-state index in [1.807, 2.05) is 6.54 Å². The lowest BCUT2D eigenvalue weighted by molar-refractivity contribution is -0.700. The lowest BCUT2D eigenvalue weighted by atomic mass is 10.4. The first-order chi connectivity index (χ1) is 6.34. The van der Waals surface area contributed by atoms with Gasteiger partial charge in [0.1, 0.15) is 13.2 Å². The SMILES string of the molecule is CCCCO/N=[N+](/[O-])N1[CH]CCC1. The number of nitrogens with zero attached hydrogens (tertiary/aromatic N) is 3. The number of rotatable bonds is 5. The molecule has 0 atom stereocenters. The molecule has 13 heavy (non-hydrogen) atoms. The molecule has 0 bridgehead atoms. The van der Waals surface area contributed by atoms with Gasteiger partial charge >= 0.3 is 0 Å². The number of unbranched alkanes of at least 4 members (excludes halogenated alkanes) is 1. The summed E-state index contributed by atoms with van der Waals surface area (Å²) in [6, 6.07) is 0. The van der Waals surface area contributed by atoms with E-state index >= 15 is 0 Å². The number of hydrogen-bond acceptors (Lipinski definition) is 3. The van der Waals surface area contributed by atoms with E-state index in [2.05, 4.69) is 12.2 Å². The first-order valence-electron chi connectivity index (χ1n) is 4.74. The zero-order chi connectivity index (χ0) is 9.52. The van der Waals surface area contributed by atoms with Crippen molar-refractivity contribution < 1.29 is 9.81 Å². The van der Waals surface area contributed by atoms with Crippen molar-refractivity contribution >= 4 is 0 Å². The predicted molar refractivity (Wildman–Crippen MR) is 47.2 cm³/mol. The summed E-state index contributed by atoms with van der Waals surface area (Å²) in [5, 5.41) is 16.1. The van der Waals surface area contributed by atoms with Gasteiger partial charge in [-0.3, -0.25) is 0 Å². The van der Waals surface area contributed by atoms with E-state index in [4.69, 9.17) is 4.84 Å². The molecule has 1 saturated heterocycles. The van der Waals surface area contributed by atoms with Gasteiger partial charge in [-0.1, -0.05) is 13.3 Å². The molecule has 1 radical (unpaired) electrons. The molecular formula is C8H16N3O2. The highest BCUT2D eigenvalue weighted by atomic mass is 16.7. The van der Waals surface area contributed by atoms with Gasteiger partial charge in [0.2, 0.25) is 5.28 Å². The van der Waals surface area contributed by atoms with Crippen molar-refractivity contribution in [3.05, 3.63) is 11.8 Å². The Morgan fingerprint density at radius 3 is 3.15 bits per heavy atom. The zero-order valence-corrected chi connectivity index (χ0v) is 7.98. The third-order valence-electron chi connectivity index (χ3n) is 1.87. The molecule has 0 aromatic carbocycles. The Bertz CT molecular complexity index is 167. The summed E-state index contributed by atoms with van der Waals surface area (Å²) in [4.78, 5) is 5.34. The molecule has 5 nitrogen and oxygen atoms in total. The molecule has 0 amide bonds. The van der Waals surface area contributed by atoms with E-state index in [1.54, 1.807) is 0 Å². The van der Waals surface area contributed by atoms with Gasteiger partial charge in [-0.25, -0.2) is 0 Å². The Morgan fingerprint density at radius 2 is 2.54 bits per heavy atom. The van der Waals surface area contributed by atoms with Crippen LogP contribution in [0.1, 0.15) is 32.6 Å². The molecule has 0 unspecified atom stereocenters. The summed E-state index contributed by atoms with van der Waals surface area (Å²) in [6.07, 6.45) is 3.94. The largest absolute Gasteiger partial charge is 0.569 e. The molecule has 0 aromatic rings. The Morgan fingerprint density at radius 1 is 1.69 bits per heavy atom. The van der Waals surface area contributed by atoms with Gasteiger partial charge in [-0.15, -0.1) is 5.01 Å². The standard InChI is InChI=1S/C8H16N3O2/c1-2-3-8-13-9-11(12)10-6-4-5-7-10/h6H,2-5,7-8H2,1H3/b11-9+. The molecule has 0 N–H and O–H groups in total. The van der Waals surface area contributed by atoms with Crippen molar-refractivity contribution in [3.8, 4) is 0 Å². The molecule has 0 spiro atoms. The fourth-order valence-corrected chi connectivity index (χ4v) is 1.09. The van der Waals surface area contributed by atoms with E-state index in [0.717, 1.165) is 32.2 Å². The minimum absolute atomic E-state index is 0.517. The van der Waals surface area contributed by atoms with Crippen molar-refractivity contribution in [1.29, 1.82) is 0 Å². The van der Waals surface area contributed by atoms with E-state index in [1.165, 1.54) is 5.01 Å². The summed E-state index contributed by atoms with van der Waals surface area (Å²) in [6.45, 7) is 5.15. The van der Waals surface area contributed by atoms with Crippen LogP contribution in [0.2, 0.25) is 0 Å². The maximum absolute atomic E-state index is 11.1. The lowest BCUT2D eigenvalue weighted by Gasteiger charge is -2.09. The molecule has 1 fully saturated rings. The molecule has 1 aliphatic rings. The lowest BCUT2D eigenvalue weighted by Crippen LogP contribution is -2.24. The molecule has 1 aliphatic heterocycles. The molecule has 0 aromatic heterocycles. The highest BCUT2D eigenvalue weighted by Crippen LogP contribution is 2.11. The summed E-state index contributed by atoms with van der Waals surface area (Å²) in [5.74, 6) is 0. The third kappa shape index (κ3) is 3.48. The maximum Gasteiger partial charge on any atom is 0.233 e. The molecule has 0 aliphatic carbocycles. The van der Waals surface area contributed by atoms with Gasteiger partial charge in [0.05, 0.1) is 11.5 Å². The minimum atomic E-state index is 0.517. The predicted octanol–water partition coefficient (Wildman–Crippen LogP) is 1.85. The van der Waals surface area contributed by atoms with Crippen LogP contribution >= 0.6 is 0 Å². The van der Waals surface area contributed by atoms with Crippen LogP contribution in [0.3, 0.4) is 0 Å². The molecule has 5 heteroatoms. The normalized spacial score (nSPS) is 17.9. The molecular weight excluding hydrogens is 170 g/mol. The van der Waals surface area contributed by atoms with Crippen LogP contribution in [0.4, 0.5) is 0 Å². The van der Waals surface area contributed by atoms with Gasteiger partial charge in [-0.05, 0) is 19.3 Å². The van der Waals surface area contributed by atoms with Gasteiger partial charge in [0, 0.05) is 0 Å². The van der Waals surface area contributed by atoms with Gasteiger partial charge in [-0.2, -0.15) is 0 Å². The second-order valence-corrected chi connectivity index (χ2v) is 3.01.